The van der Waals surface area contributed by atoms with Crippen molar-refractivity contribution in [1.82, 2.24) is 0 Å². The molecule has 0 aromatic carbocycles. The average Bonchev–Trinajstić information content (AvgIpc) is 1.76. The number of carbonyl (C=O) groups is 4. The van der Waals surface area contributed by atoms with Gasteiger partial charge in [-0.15, -0.1) is 0 Å². The van der Waals surface area contributed by atoms with Crippen molar-refractivity contribution in [2.45, 2.75) is 0 Å². The molecular formula is C4H20Mg5O19. The van der Waals surface area contributed by atoms with E-state index in [9.17, 15) is 0 Å². The van der Waals surface area contributed by atoms with Gasteiger partial charge in [-0.3, -0.25) is 0 Å². The van der Waals surface area contributed by atoms with E-state index in [0.29, 0.717) is 0 Å². The van der Waals surface area contributed by atoms with Crippen LogP contribution in [-0.2, 0) is 0 Å². The molecule has 160 valence electrons. The zero-order valence-corrected chi connectivity index (χ0v) is 21.2. The van der Waals surface area contributed by atoms with Crippen molar-refractivity contribution in [3.8, 4) is 0 Å². The molecule has 0 amide bonds. The van der Waals surface area contributed by atoms with Crippen LogP contribution in [0.25, 0.3) is 0 Å². The van der Waals surface area contributed by atoms with Crippen molar-refractivity contribution in [2.75, 3.05) is 0 Å². The topological polar surface area (TPSA) is 448 Å². The van der Waals surface area contributed by atoms with Gasteiger partial charge < -0.3 is 79.2 Å². The van der Waals surface area contributed by atoms with Gasteiger partial charge in [0.05, 0.1) is 0 Å². The van der Waals surface area contributed by atoms with Gasteiger partial charge in [-0.05, 0) is 0 Å². The molecular weight excluding hydrogens is 474 g/mol. The van der Waals surface area contributed by atoms with Gasteiger partial charge in [0.1, 0.15) is 0 Å². The van der Waals surface area contributed by atoms with Crippen molar-refractivity contribution < 1.29 is 98.4 Å². The summed E-state index contributed by atoms with van der Waals surface area (Å²) in [4.78, 5) is 34.2. The van der Waals surface area contributed by atoms with Crippen molar-refractivity contribution in [1.29, 1.82) is 0 Å². The molecule has 0 saturated carbocycles. The maximum absolute atomic E-state index is 8.56. The maximum atomic E-state index is 8.56. The summed E-state index contributed by atoms with van der Waals surface area (Å²) in [6, 6.07) is 0. The molecule has 0 aromatic rings. The summed E-state index contributed by atoms with van der Waals surface area (Å²) in [5, 5.41) is 55.8. The summed E-state index contributed by atoms with van der Waals surface area (Å²) in [5.74, 6) is 0. The van der Waals surface area contributed by atoms with Crippen LogP contribution in [0.1, 0.15) is 0 Å². The third-order valence-electron chi connectivity index (χ3n) is 0. The van der Waals surface area contributed by atoms with E-state index in [1.807, 2.05) is 0 Å². The maximum Gasteiger partial charge on any atom is 2.00 e. The van der Waals surface area contributed by atoms with E-state index in [-0.39, 0.29) is 154 Å². The van der Waals surface area contributed by atoms with Gasteiger partial charge in [-0.25, -0.2) is 19.2 Å². The second kappa shape index (κ2) is 123. The first kappa shape index (κ1) is 137. The molecule has 0 heterocycles. The molecule has 24 heteroatoms. The van der Waals surface area contributed by atoms with Crippen molar-refractivity contribution in [2.24, 2.45) is 0 Å². The van der Waals surface area contributed by atoms with Crippen LogP contribution in [0.4, 0.5) is 19.2 Å². The Morgan fingerprint density at radius 2 is 0.357 bits per heavy atom. The molecule has 0 aliphatic rings. The van der Waals surface area contributed by atoms with Crippen LogP contribution in [0.3, 0.4) is 0 Å². The van der Waals surface area contributed by atoms with E-state index in [0.717, 1.165) is 0 Å². The number of carboxylic acid groups (broad SMARTS) is 8. The van der Waals surface area contributed by atoms with Crippen LogP contribution in [0.15, 0.2) is 0 Å². The van der Waals surface area contributed by atoms with Gasteiger partial charge in [0, 0.05) is 92.2 Å². The van der Waals surface area contributed by atoms with Gasteiger partial charge >= 0.3 is 47.7 Å². The van der Waals surface area contributed by atoms with E-state index < -0.39 is 24.6 Å². The summed E-state index contributed by atoms with van der Waals surface area (Å²) in [6.07, 6.45) is -7.33. The Labute approximate surface area is 236 Å². The van der Waals surface area contributed by atoms with Crippen LogP contribution in [0.5, 0.6) is 0 Å². The minimum Gasteiger partial charge on any atom is -0.870 e. The summed E-state index contributed by atoms with van der Waals surface area (Å²) < 4.78 is 0. The SMILES string of the molecule is O.O.O.O.O.O=C(O)O.O=C(O)O.O=C(O)O.O=C(O)O.[Mg+2].[Mg].[Mg].[Mg].[Mg].[OH-].[OH-]. The Bertz CT molecular complexity index is 174. The smallest absolute Gasteiger partial charge is 0.870 e. The molecule has 19 nitrogen and oxygen atoms in total. The van der Waals surface area contributed by atoms with Crippen LogP contribution in [0.2, 0.25) is 0 Å². The van der Waals surface area contributed by atoms with Crippen molar-refractivity contribution in [3.05, 3.63) is 0 Å². The van der Waals surface area contributed by atoms with Gasteiger partial charge in [-0.2, -0.15) is 0 Å². The van der Waals surface area contributed by atoms with E-state index >= 15 is 0 Å². The molecule has 0 unspecified atom stereocenters. The first-order valence-corrected chi connectivity index (χ1v) is 2.61. The predicted octanol–water partition coefficient (Wildman–Crippen LogP) is -5.49. The third-order valence-corrected chi connectivity index (χ3v) is 0. The first-order chi connectivity index (χ1) is 6.93. The fraction of sp³-hybridized carbons (Fsp3) is 0. The molecule has 8 radical (unpaired) electrons. The molecule has 0 spiro atoms. The average molecular weight is 494 g/mol. The Hall–Kier alpha value is 0.631. The van der Waals surface area contributed by atoms with Crippen molar-refractivity contribution in [3.63, 3.8) is 0 Å². The summed E-state index contributed by atoms with van der Waals surface area (Å²) in [6.45, 7) is 0. The van der Waals surface area contributed by atoms with Gasteiger partial charge in [-0.1, -0.05) is 0 Å². The van der Waals surface area contributed by atoms with Gasteiger partial charge in [0.2, 0.25) is 0 Å². The molecule has 0 atom stereocenters. The summed E-state index contributed by atoms with van der Waals surface area (Å²) in [7, 11) is 0. The van der Waals surface area contributed by atoms with Crippen LogP contribution >= 0.6 is 0 Å². The third kappa shape index (κ3) is 43900. The minimum atomic E-state index is -1.83. The van der Waals surface area contributed by atoms with Crippen LogP contribution < -0.4 is 0 Å². The molecule has 0 bridgehead atoms. The summed E-state index contributed by atoms with van der Waals surface area (Å²) >= 11 is 0. The fourth-order valence-electron chi connectivity index (χ4n) is 0. The molecule has 0 fully saturated rings. The van der Waals surface area contributed by atoms with E-state index in [4.69, 9.17) is 60.0 Å². The fourth-order valence-corrected chi connectivity index (χ4v) is 0. The quantitative estimate of drug-likeness (QED) is 0.146. The molecule has 0 aliphatic heterocycles. The standard InChI is InChI=1S/4CH2O3.5Mg.7H2O/c4*2-1(3)4;;;;;;;;;;;;/h4*(H2,2,3,4);;;;;;7*1H2/q;;;;;;;;+2;;;;;;;/p-2. The van der Waals surface area contributed by atoms with E-state index in [1.54, 1.807) is 0 Å². The Balaban J connectivity index is -0.00000000429. The Morgan fingerprint density at radius 1 is 0.357 bits per heavy atom. The monoisotopic (exact) mass is 492 g/mol. The number of hydrogen-bond donors (Lipinski definition) is 8. The van der Waals surface area contributed by atoms with E-state index in [1.165, 1.54) is 0 Å². The molecule has 0 aliphatic carbocycles. The molecule has 0 rings (SSSR count). The zero-order valence-electron chi connectivity index (χ0n) is 14.1. The first-order valence-electron chi connectivity index (χ1n) is 2.61. The largest absolute Gasteiger partial charge is 2.00 e. The Kier molecular flexibility index (Phi) is 601. The van der Waals surface area contributed by atoms with Gasteiger partial charge in [0.15, 0.2) is 0 Å². The molecule has 20 N–H and O–H groups in total. The molecule has 28 heavy (non-hydrogen) atoms. The van der Waals surface area contributed by atoms with Crippen molar-refractivity contribution >= 4 is 140 Å². The second-order valence-electron chi connectivity index (χ2n) is 1.13. The van der Waals surface area contributed by atoms with Crippen LogP contribution in [0, 0.1) is 0 Å². The zero-order chi connectivity index (χ0) is 14.3. The normalized spacial score (nSPS) is 3.43. The number of rotatable bonds is 0. The van der Waals surface area contributed by atoms with Crippen LogP contribution in [-0.4, -0.2) is 219 Å². The van der Waals surface area contributed by atoms with Gasteiger partial charge in [0.25, 0.3) is 0 Å². The predicted molar refractivity (Wildman–Crippen MR) is 93.3 cm³/mol. The summed E-state index contributed by atoms with van der Waals surface area (Å²) in [5.41, 5.74) is 0. The Morgan fingerprint density at radius 3 is 0.357 bits per heavy atom. The molecule has 0 saturated heterocycles. The molecule has 0 aromatic heterocycles. The second-order valence-corrected chi connectivity index (χ2v) is 1.13. The number of hydrogen-bond acceptors (Lipinski definition) is 6. The minimum absolute atomic E-state index is 0. The van der Waals surface area contributed by atoms with E-state index in [2.05, 4.69) is 0 Å².